The van der Waals surface area contributed by atoms with Gasteiger partial charge in [0, 0.05) is 24.7 Å². The molecular formula is C15H30N2. The first kappa shape index (κ1) is 13.4. The molecule has 1 heterocycles. The molecule has 1 saturated carbocycles. The molecule has 2 heteroatoms. The van der Waals surface area contributed by atoms with Gasteiger partial charge in [-0.05, 0) is 43.9 Å². The van der Waals surface area contributed by atoms with Crippen molar-refractivity contribution in [1.82, 2.24) is 4.90 Å². The zero-order valence-corrected chi connectivity index (χ0v) is 12.0. The molecule has 2 rings (SSSR count). The minimum absolute atomic E-state index is 0.417. The van der Waals surface area contributed by atoms with Crippen molar-refractivity contribution in [1.29, 1.82) is 0 Å². The Morgan fingerprint density at radius 3 is 2.35 bits per heavy atom. The van der Waals surface area contributed by atoms with Crippen LogP contribution in [0.25, 0.3) is 0 Å². The largest absolute Gasteiger partial charge is 0.327 e. The topological polar surface area (TPSA) is 29.3 Å². The molecule has 6 unspecified atom stereocenters. The molecule has 1 aliphatic carbocycles. The molecule has 0 aromatic carbocycles. The summed E-state index contributed by atoms with van der Waals surface area (Å²) >= 11 is 0. The highest BCUT2D eigenvalue weighted by atomic mass is 15.2. The van der Waals surface area contributed by atoms with Gasteiger partial charge >= 0.3 is 0 Å². The molecule has 0 aromatic rings. The smallest absolute Gasteiger partial charge is 0.0127 e. The molecule has 0 bridgehead atoms. The molecule has 0 aromatic heterocycles. The lowest BCUT2D eigenvalue weighted by Gasteiger charge is -2.46. The third-order valence-corrected chi connectivity index (χ3v) is 5.81. The first-order valence-corrected chi connectivity index (χ1v) is 7.57. The van der Waals surface area contributed by atoms with Gasteiger partial charge in [-0.1, -0.05) is 27.2 Å². The van der Waals surface area contributed by atoms with Crippen LogP contribution in [0.5, 0.6) is 0 Å². The minimum Gasteiger partial charge on any atom is -0.327 e. The molecule has 0 amide bonds. The lowest BCUT2D eigenvalue weighted by Crippen LogP contribution is -2.55. The molecule has 1 aliphatic heterocycles. The van der Waals surface area contributed by atoms with Gasteiger partial charge in [0.05, 0.1) is 0 Å². The number of hydrogen-bond acceptors (Lipinski definition) is 2. The molecule has 100 valence electrons. The van der Waals surface area contributed by atoms with E-state index in [-0.39, 0.29) is 0 Å². The second kappa shape index (κ2) is 5.27. The predicted molar refractivity (Wildman–Crippen MR) is 73.9 cm³/mol. The number of piperidine rings is 1. The lowest BCUT2D eigenvalue weighted by molar-refractivity contribution is 0.0386. The summed E-state index contributed by atoms with van der Waals surface area (Å²) in [6.07, 6.45) is 5.39. The zero-order chi connectivity index (χ0) is 12.6. The van der Waals surface area contributed by atoms with Gasteiger partial charge in [0.1, 0.15) is 0 Å². The fraction of sp³-hybridized carbons (Fsp3) is 1.00. The summed E-state index contributed by atoms with van der Waals surface area (Å²) in [5.41, 5.74) is 6.19. The van der Waals surface area contributed by atoms with Crippen LogP contribution in [-0.2, 0) is 0 Å². The molecule has 17 heavy (non-hydrogen) atoms. The van der Waals surface area contributed by atoms with Crippen molar-refractivity contribution >= 4 is 0 Å². The van der Waals surface area contributed by atoms with Gasteiger partial charge in [0.2, 0.25) is 0 Å². The van der Waals surface area contributed by atoms with Crippen LogP contribution in [-0.4, -0.2) is 29.6 Å². The maximum atomic E-state index is 6.19. The molecule has 2 nitrogen and oxygen atoms in total. The van der Waals surface area contributed by atoms with Crippen molar-refractivity contribution in [3.05, 3.63) is 0 Å². The molecule has 2 N–H and O–H groups in total. The van der Waals surface area contributed by atoms with E-state index in [0.29, 0.717) is 18.0 Å². The number of hydrogen-bond donors (Lipinski definition) is 1. The van der Waals surface area contributed by atoms with Crippen LogP contribution >= 0.6 is 0 Å². The van der Waals surface area contributed by atoms with Crippen LogP contribution in [0.1, 0.15) is 53.4 Å². The van der Waals surface area contributed by atoms with E-state index in [1.54, 1.807) is 0 Å². The first-order valence-electron chi connectivity index (χ1n) is 7.57. The van der Waals surface area contributed by atoms with Crippen molar-refractivity contribution in [3.8, 4) is 0 Å². The van der Waals surface area contributed by atoms with Gasteiger partial charge < -0.3 is 5.73 Å². The van der Waals surface area contributed by atoms with Gasteiger partial charge in [-0.25, -0.2) is 0 Å². The van der Waals surface area contributed by atoms with Crippen molar-refractivity contribution in [2.45, 2.75) is 71.5 Å². The summed E-state index contributed by atoms with van der Waals surface area (Å²) < 4.78 is 0. The third-order valence-electron chi connectivity index (χ3n) is 5.81. The predicted octanol–water partition coefficient (Wildman–Crippen LogP) is 2.87. The van der Waals surface area contributed by atoms with Crippen molar-refractivity contribution < 1.29 is 0 Å². The maximum absolute atomic E-state index is 6.19. The second-order valence-corrected chi connectivity index (χ2v) is 6.46. The average Bonchev–Trinajstić information content (AvgIpc) is 2.68. The van der Waals surface area contributed by atoms with Crippen LogP contribution < -0.4 is 5.73 Å². The molecular weight excluding hydrogens is 208 g/mol. The van der Waals surface area contributed by atoms with E-state index in [2.05, 4.69) is 32.6 Å². The minimum atomic E-state index is 0.417. The molecule has 1 saturated heterocycles. The fourth-order valence-electron chi connectivity index (χ4n) is 4.16. The Kier molecular flexibility index (Phi) is 4.14. The highest BCUT2D eigenvalue weighted by Crippen LogP contribution is 2.39. The summed E-state index contributed by atoms with van der Waals surface area (Å²) in [6.45, 7) is 10.8. The quantitative estimate of drug-likeness (QED) is 0.801. The second-order valence-electron chi connectivity index (χ2n) is 6.46. The number of nitrogens with two attached hydrogens (primary N) is 1. The van der Waals surface area contributed by atoms with Crippen molar-refractivity contribution in [3.63, 3.8) is 0 Å². The van der Waals surface area contributed by atoms with Gasteiger partial charge in [0.25, 0.3) is 0 Å². The molecule has 0 radical (unpaired) electrons. The Balaban J connectivity index is 2.03. The SMILES string of the molecule is CCC1CCC(N2CCC(N)C(C)C2C)C1C. The number of likely N-dealkylation sites (tertiary alicyclic amines) is 1. The van der Waals surface area contributed by atoms with Crippen molar-refractivity contribution in [2.24, 2.45) is 23.5 Å². The first-order chi connectivity index (χ1) is 8.06. The van der Waals surface area contributed by atoms with E-state index in [0.717, 1.165) is 17.9 Å². The van der Waals surface area contributed by atoms with Gasteiger partial charge in [-0.2, -0.15) is 0 Å². The number of nitrogens with zero attached hydrogens (tertiary/aromatic N) is 1. The van der Waals surface area contributed by atoms with Crippen LogP contribution in [0, 0.1) is 17.8 Å². The Morgan fingerprint density at radius 1 is 1.06 bits per heavy atom. The summed E-state index contributed by atoms with van der Waals surface area (Å²) in [5, 5.41) is 0. The summed E-state index contributed by atoms with van der Waals surface area (Å²) in [4.78, 5) is 2.77. The molecule has 0 spiro atoms. The van der Waals surface area contributed by atoms with Crippen molar-refractivity contribution in [2.75, 3.05) is 6.54 Å². The molecule has 2 fully saturated rings. The van der Waals surface area contributed by atoms with E-state index >= 15 is 0 Å². The third kappa shape index (κ3) is 2.39. The fourth-order valence-corrected chi connectivity index (χ4v) is 4.16. The summed E-state index contributed by atoms with van der Waals surface area (Å²) in [7, 11) is 0. The van der Waals surface area contributed by atoms with E-state index in [1.165, 1.54) is 32.2 Å². The normalized spacial score (nSPS) is 48.5. The Morgan fingerprint density at radius 2 is 1.76 bits per heavy atom. The van der Waals surface area contributed by atoms with E-state index in [4.69, 9.17) is 5.73 Å². The summed E-state index contributed by atoms with van der Waals surface area (Å²) in [6, 6.07) is 1.91. The van der Waals surface area contributed by atoms with Crippen LogP contribution in [0.4, 0.5) is 0 Å². The Hall–Kier alpha value is -0.0800. The zero-order valence-electron chi connectivity index (χ0n) is 12.0. The number of rotatable bonds is 2. The maximum Gasteiger partial charge on any atom is 0.0127 e. The van der Waals surface area contributed by atoms with E-state index < -0.39 is 0 Å². The van der Waals surface area contributed by atoms with Crippen LogP contribution in [0.15, 0.2) is 0 Å². The molecule has 2 aliphatic rings. The van der Waals surface area contributed by atoms with Gasteiger partial charge in [-0.3, -0.25) is 4.90 Å². The molecule has 6 atom stereocenters. The Bertz CT molecular complexity index is 253. The summed E-state index contributed by atoms with van der Waals surface area (Å²) in [5.74, 6) is 2.48. The van der Waals surface area contributed by atoms with E-state index in [1.807, 2.05) is 0 Å². The van der Waals surface area contributed by atoms with Gasteiger partial charge in [0.15, 0.2) is 0 Å². The highest BCUT2D eigenvalue weighted by molar-refractivity contribution is 4.95. The standard InChI is InChI=1S/C15H30N2/c1-5-13-6-7-15(11(13)3)17-9-8-14(16)10(2)12(17)4/h10-15H,5-9,16H2,1-4H3. The van der Waals surface area contributed by atoms with Gasteiger partial charge in [-0.15, -0.1) is 0 Å². The van der Waals surface area contributed by atoms with Crippen LogP contribution in [0.3, 0.4) is 0 Å². The lowest BCUT2D eigenvalue weighted by atomic mass is 9.84. The van der Waals surface area contributed by atoms with E-state index in [9.17, 15) is 0 Å². The van der Waals surface area contributed by atoms with Crippen LogP contribution in [0.2, 0.25) is 0 Å². The highest BCUT2D eigenvalue weighted by Gasteiger charge is 2.40. The average molecular weight is 238 g/mol. The Labute approximate surface area is 107 Å². The monoisotopic (exact) mass is 238 g/mol.